The standard InChI is InChI=1S/C9H12N2S/c1-7-10-8(12-11-7)5-6-9(2,3)4/h1-4H3. The first-order valence-corrected chi connectivity index (χ1v) is 4.58. The summed E-state index contributed by atoms with van der Waals surface area (Å²) in [5.41, 5.74) is 0.0412. The summed E-state index contributed by atoms with van der Waals surface area (Å²) in [5.74, 6) is 6.91. The number of nitrogens with zero attached hydrogens (tertiary/aromatic N) is 2. The van der Waals surface area contributed by atoms with Gasteiger partial charge in [0.05, 0.1) is 0 Å². The van der Waals surface area contributed by atoms with Gasteiger partial charge >= 0.3 is 0 Å². The molecule has 0 aliphatic carbocycles. The SMILES string of the molecule is Cc1nsc(C#CC(C)(C)C)n1. The van der Waals surface area contributed by atoms with Crippen LogP contribution in [-0.4, -0.2) is 9.36 Å². The molecular weight excluding hydrogens is 168 g/mol. The van der Waals surface area contributed by atoms with E-state index in [1.54, 1.807) is 0 Å². The molecule has 0 saturated heterocycles. The van der Waals surface area contributed by atoms with Gasteiger partial charge in [-0.3, -0.25) is 0 Å². The molecular formula is C9H12N2S. The zero-order chi connectivity index (χ0) is 9.19. The second kappa shape index (κ2) is 3.24. The fourth-order valence-electron chi connectivity index (χ4n) is 0.589. The Hall–Kier alpha value is -0.880. The van der Waals surface area contributed by atoms with Crippen molar-refractivity contribution in [1.82, 2.24) is 9.36 Å². The fourth-order valence-corrected chi connectivity index (χ4v) is 1.12. The molecule has 1 rings (SSSR count). The lowest BCUT2D eigenvalue weighted by atomic mass is 9.98. The van der Waals surface area contributed by atoms with Crippen LogP contribution in [0.2, 0.25) is 0 Å². The van der Waals surface area contributed by atoms with E-state index in [2.05, 4.69) is 42.0 Å². The fraction of sp³-hybridized carbons (Fsp3) is 0.556. The zero-order valence-corrected chi connectivity index (χ0v) is 8.62. The highest BCUT2D eigenvalue weighted by Crippen LogP contribution is 2.11. The summed E-state index contributed by atoms with van der Waals surface area (Å²) in [6.07, 6.45) is 0. The molecule has 0 unspecified atom stereocenters. The van der Waals surface area contributed by atoms with E-state index < -0.39 is 0 Å². The van der Waals surface area contributed by atoms with Gasteiger partial charge in [-0.15, -0.1) is 0 Å². The minimum atomic E-state index is 0.0412. The summed E-state index contributed by atoms with van der Waals surface area (Å²) in [6, 6.07) is 0. The van der Waals surface area contributed by atoms with Gasteiger partial charge in [0, 0.05) is 5.41 Å². The molecule has 64 valence electrons. The largest absolute Gasteiger partial charge is 0.211 e. The molecule has 2 nitrogen and oxygen atoms in total. The highest BCUT2D eigenvalue weighted by atomic mass is 32.1. The Kier molecular flexibility index (Phi) is 2.49. The molecule has 1 aromatic rings. The third-order valence-electron chi connectivity index (χ3n) is 1.07. The van der Waals surface area contributed by atoms with Crippen molar-refractivity contribution in [3.63, 3.8) is 0 Å². The first-order valence-electron chi connectivity index (χ1n) is 3.81. The van der Waals surface area contributed by atoms with Crippen LogP contribution in [0.3, 0.4) is 0 Å². The van der Waals surface area contributed by atoms with Gasteiger partial charge in [0.2, 0.25) is 0 Å². The van der Waals surface area contributed by atoms with Crippen LogP contribution in [0.1, 0.15) is 31.6 Å². The third kappa shape index (κ3) is 3.02. The van der Waals surface area contributed by atoms with Gasteiger partial charge in [0.15, 0.2) is 5.01 Å². The van der Waals surface area contributed by atoms with E-state index in [-0.39, 0.29) is 5.41 Å². The van der Waals surface area contributed by atoms with Crippen LogP contribution in [0.25, 0.3) is 0 Å². The van der Waals surface area contributed by atoms with Crippen LogP contribution in [0.5, 0.6) is 0 Å². The lowest BCUT2D eigenvalue weighted by molar-refractivity contribution is 0.571. The van der Waals surface area contributed by atoms with Gasteiger partial charge < -0.3 is 0 Å². The molecule has 0 amide bonds. The molecule has 0 bridgehead atoms. The lowest BCUT2D eigenvalue weighted by Crippen LogP contribution is -1.99. The van der Waals surface area contributed by atoms with Crippen molar-refractivity contribution in [3.8, 4) is 11.8 Å². The zero-order valence-electron chi connectivity index (χ0n) is 7.80. The molecule has 0 atom stereocenters. The molecule has 3 heteroatoms. The normalized spacial score (nSPS) is 10.7. The second-order valence-electron chi connectivity index (χ2n) is 3.65. The van der Waals surface area contributed by atoms with Crippen molar-refractivity contribution in [3.05, 3.63) is 10.8 Å². The molecule has 0 spiro atoms. The van der Waals surface area contributed by atoms with Crippen LogP contribution in [0.15, 0.2) is 0 Å². The second-order valence-corrected chi connectivity index (χ2v) is 4.40. The van der Waals surface area contributed by atoms with Gasteiger partial charge in [0.25, 0.3) is 0 Å². The van der Waals surface area contributed by atoms with Crippen LogP contribution in [0, 0.1) is 24.2 Å². The van der Waals surface area contributed by atoms with Crippen molar-refractivity contribution in [1.29, 1.82) is 0 Å². The number of hydrogen-bond acceptors (Lipinski definition) is 3. The number of hydrogen-bond donors (Lipinski definition) is 0. The van der Waals surface area contributed by atoms with Crippen molar-refractivity contribution in [2.45, 2.75) is 27.7 Å². The Morgan fingerprint density at radius 3 is 2.42 bits per heavy atom. The van der Waals surface area contributed by atoms with Crippen molar-refractivity contribution < 1.29 is 0 Å². The molecule has 0 aromatic carbocycles. The number of rotatable bonds is 0. The van der Waals surface area contributed by atoms with E-state index in [1.807, 2.05) is 6.92 Å². The Morgan fingerprint density at radius 2 is 2.00 bits per heavy atom. The molecule has 0 aliphatic rings. The van der Waals surface area contributed by atoms with Gasteiger partial charge in [-0.2, -0.15) is 4.37 Å². The molecule has 0 aliphatic heterocycles. The minimum Gasteiger partial charge on any atom is -0.211 e. The van der Waals surface area contributed by atoms with Crippen molar-refractivity contribution >= 4 is 11.5 Å². The Bertz CT molecular complexity index is 322. The molecule has 1 heterocycles. The lowest BCUT2D eigenvalue weighted by Gasteiger charge is -2.05. The maximum absolute atomic E-state index is 4.15. The molecule has 0 saturated carbocycles. The van der Waals surface area contributed by atoms with E-state index in [4.69, 9.17) is 0 Å². The highest BCUT2D eigenvalue weighted by Gasteiger charge is 2.04. The van der Waals surface area contributed by atoms with E-state index >= 15 is 0 Å². The maximum atomic E-state index is 4.15. The third-order valence-corrected chi connectivity index (χ3v) is 1.79. The average Bonchev–Trinajstić information content (AvgIpc) is 2.30. The molecule has 1 aromatic heterocycles. The monoisotopic (exact) mass is 180 g/mol. The molecule has 0 radical (unpaired) electrons. The first-order chi connectivity index (χ1) is 5.47. The summed E-state index contributed by atoms with van der Waals surface area (Å²) < 4.78 is 4.05. The summed E-state index contributed by atoms with van der Waals surface area (Å²) in [6.45, 7) is 8.11. The summed E-state index contributed by atoms with van der Waals surface area (Å²) in [4.78, 5) is 4.15. The van der Waals surface area contributed by atoms with Gasteiger partial charge in [-0.05, 0) is 45.1 Å². The van der Waals surface area contributed by atoms with E-state index in [9.17, 15) is 0 Å². The van der Waals surface area contributed by atoms with E-state index in [1.165, 1.54) is 11.5 Å². The predicted molar refractivity (Wildman–Crippen MR) is 51.0 cm³/mol. The topological polar surface area (TPSA) is 25.8 Å². The number of aromatic nitrogens is 2. The average molecular weight is 180 g/mol. The molecule has 12 heavy (non-hydrogen) atoms. The van der Waals surface area contributed by atoms with Crippen LogP contribution in [-0.2, 0) is 0 Å². The maximum Gasteiger partial charge on any atom is 0.186 e. The van der Waals surface area contributed by atoms with E-state index in [0.29, 0.717) is 0 Å². The number of aryl methyl sites for hydroxylation is 1. The van der Waals surface area contributed by atoms with Gasteiger partial charge in [-0.1, -0.05) is 5.92 Å². The Morgan fingerprint density at radius 1 is 1.33 bits per heavy atom. The van der Waals surface area contributed by atoms with Crippen LogP contribution >= 0.6 is 11.5 Å². The van der Waals surface area contributed by atoms with Crippen LogP contribution in [0.4, 0.5) is 0 Å². The van der Waals surface area contributed by atoms with E-state index in [0.717, 1.165) is 10.8 Å². The summed E-state index contributed by atoms with van der Waals surface area (Å²) in [5, 5.41) is 0.808. The smallest absolute Gasteiger partial charge is 0.186 e. The summed E-state index contributed by atoms with van der Waals surface area (Å²) in [7, 11) is 0. The Balaban J connectivity index is 2.80. The quantitative estimate of drug-likeness (QED) is 0.572. The van der Waals surface area contributed by atoms with Gasteiger partial charge in [0.1, 0.15) is 5.82 Å². The predicted octanol–water partition coefficient (Wildman–Crippen LogP) is 2.24. The summed E-state index contributed by atoms with van der Waals surface area (Å²) >= 11 is 1.36. The molecule has 0 N–H and O–H groups in total. The van der Waals surface area contributed by atoms with Crippen molar-refractivity contribution in [2.24, 2.45) is 5.41 Å². The Labute approximate surface area is 77.2 Å². The van der Waals surface area contributed by atoms with Crippen molar-refractivity contribution in [2.75, 3.05) is 0 Å². The van der Waals surface area contributed by atoms with Gasteiger partial charge in [-0.25, -0.2) is 4.98 Å². The van der Waals surface area contributed by atoms with Crippen LogP contribution < -0.4 is 0 Å². The molecule has 0 fully saturated rings. The highest BCUT2D eigenvalue weighted by molar-refractivity contribution is 7.06. The first kappa shape index (κ1) is 9.21. The minimum absolute atomic E-state index is 0.0412.